The van der Waals surface area contributed by atoms with E-state index in [-0.39, 0.29) is 16.2 Å². The molecule has 3 aromatic rings. The molecule has 0 bridgehead atoms. The summed E-state index contributed by atoms with van der Waals surface area (Å²) in [5.74, 6) is -0.163. The molecule has 0 aliphatic heterocycles. The third-order valence-corrected chi connectivity index (χ3v) is 5.74. The average Bonchev–Trinajstić information content (AvgIpc) is 2.76. The van der Waals surface area contributed by atoms with Crippen molar-refractivity contribution in [2.75, 3.05) is 5.43 Å². The number of benzene rings is 2. The van der Waals surface area contributed by atoms with Gasteiger partial charge < -0.3 is 5.11 Å². The Morgan fingerprint density at radius 2 is 2.03 bits per heavy atom. The van der Waals surface area contributed by atoms with Gasteiger partial charge in [0.2, 0.25) is 5.88 Å². The summed E-state index contributed by atoms with van der Waals surface area (Å²) in [6, 6.07) is 13.8. The van der Waals surface area contributed by atoms with Crippen LogP contribution in [-0.2, 0) is 6.54 Å². The van der Waals surface area contributed by atoms with Crippen molar-refractivity contribution in [2.24, 2.45) is 5.10 Å². The van der Waals surface area contributed by atoms with Crippen LogP contribution in [0.15, 0.2) is 64.0 Å². The van der Waals surface area contributed by atoms with Crippen molar-refractivity contribution < 1.29 is 5.11 Å². The van der Waals surface area contributed by atoms with E-state index >= 15 is 0 Å². The van der Waals surface area contributed by atoms with Crippen molar-refractivity contribution in [3.8, 4) is 5.88 Å². The maximum Gasteiger partial charge on any atom is 0.264 e. The van der Waals surface area contributed by atoms with Crippen molar-refractivity contribution >= 4 is 34.9 Å². The minimum atomic E-state index is -0.464. The Bertz CT molecular complexity index is 1230. The van der Waals surface area contributed by atoms with Crippen molar-refractivity contribution in [1.82, 2.24) is 9.55 Å². The van der Waals surface area contributed by atoms with Crippen LogP contribution < -0.4 is 11.0 Å². The number of aromatic hydroxyl groups is 1. The van der Waals surface area contributed by atoms with Crippen LogP contribution in [0, 0.1) is 4.77 Å². The Morgan fingerprint density at radius 3 is 2.87 bits per heavy atom. The van der Waals surface area contributed by atoms with Gasteiger partial charge in [-0.05, 0) is 55.8 Å². The zero-order valence-electron chi connectivity index (χ0n) is 16.6. The molecule has 2 aromatic carbocycles. The summed E-state index contributed by atoms with van der Waals surface area (Å²) >= 11 is 5.26. The van der Waals surface area contributed by atoms with Crippen molar-refractivity contribution in [2.45, 2.75) is 38.6 Å². The number of fused-ring (bicyclic) bond motifs is 1. The van der Waals surface area contributed by atoms with Crippen molar-refractivity contribution in [1.29, 1.82) is 0 Å². The van der Waals surface area contributed by atoms with Gasteiger partial charge in [-0.3, -0.25) is 19.8 Å². The number of nitrogens with one attached hydrogen (secondary N) is 2. The SMILES string of the molecule is O=c1[nH]c(=S)n(CCC2=CCCCC2)c(O)c1C=NNc1cccc2ccccc12. The lowest BCUT2D eigenvalue weighted by molar-refractivity contribution is 0.402. The third-order valence-electron chi connectivity index (χ3n) is 5.42. The Hall–Kier alpha value is -3.19. The van der Waals surface area contributed by atoms with E-state index in [2.05, 4.69) is 21.6 Å². The number of nitrogens with zero attached hydrogens (tertiary/aromatic N) is 2. The van der Waals surface area contributed by atoms with Gasteiger partial charge in [0, 0.05) is 11.9 Å². The fourth-order valence-corrected chi connectivity index (χ4v) is 4.05. The van der Waals surface area contributed by atoms with E-state index in [1.54, 1.807) is 4.57 Å². The zero-order chi connectivity index (χ0) is 20.9. The van der Waals surface area contributed by atoms with Gasteiger partial charge in [0.25, 0.3) is 5.56 Å². The van der Waals surface area contributed by atoms with Gasteiger partial charge in [-0.1, -0.05) is 48.0 Å². The molecule has 0 atom stereocenters. The summed E-state index contributed by atoms with van der Waals surface area (Å²) in [6.45, 7) is 0.519. The molecule has 0 fully saturated rings. The van der Waals surface area contributed by atoms with E-state index in [1.165, 1.54) is 24.6 Å². The highest BCUT2D eigenvalue weighted by Gasteiger charge is 2.12. The molecule has 4 rings (SSSR count). The summed E-state index contributed by atoms with van der Waals surface area (Å²) in [5.41, 5.74) is 4.78. The van der Waals surface area contributed by atoms with Gasteiger partial charge in [0.1, 0.15) is 5.56 Å². The number of H-pyrrole nitrogens is 1. The molecule has 1 heterocycles. The minimum Gasteiger partial charge on any atom is -0.494 e. The van der Waals surface area contributed by atoms with Gasteiger partial charge >= 0.3 is 0 Å². The maximum absolute atomic E-state index is 12.3. The van der Waals surface area contributed by atoms with Crippen LogP contribution >= 0.6 is 12.2 Å². The predicted molar refractivity (Wildman–Crippen MR) is 124 cm³/mol. The lowest BCUT2D eigenvalue weighted by Gasteiger charge is -2.15. The van der Waals surface area contributed by atoms with Gasteiger partial charge in [-0.2, -0.15) is 5.10 Å². The van der Waals surface area contributed by atoms with Crippen molar-refractivity contribution in [3.05, 3.63) is 74.8 Å². The molecule has 0 spiro atoms. The molecule has 1 aliphatic carbocycles. The van der Waals surface area contributed by atoms with Crippen molar-refractivity contribution in [3.63, 3.8) is 0 Å². The van der Waals surface area contributed by atoms with Crippen LogP contribution in [0.4, 0.5) is 5.69 Å². The Kier molecular flexibility index (Phi) is 6.09. The second-order valence-corrected chi connectivity index (χ2v) is 7.79. The van der Waals surface area contributed by atoms with E-state index in [0.29, 0.717) is 6.54 Å². The molecule has 0 saturated heterocycles. The first-order valence-corrected chi connectivity index (χ1v) is 10.5. The molecule has 7 heteroatoms. The van der Waals surface area contributed by atoms with Crippen LogP contribution in [0.2, 0.25) is 0 Å². The number of hydrogen-bond acceptors (Lipinski definition) is 5. The topological polar surface area (TPSA) is 82.4 Å². The summed E-state index contributed by atoms with van der Waals surface area (Å²) < 4.78 is 1.78. The molecule has 1 aromatic heterocycles. The van der Waals surface area contributed by atoms with E-state index in [9.17, 15) is 9.90 Å². The molecular weight excluding hydrogens is 396 g/mol. The van der Waals surface area contributed by atoms with Crippen LogP contribution in [0.1, 0.15) is 37.7 Å². The maximum atomic E-state index is 12.3. The Balaban J connectivity index is 1.56. The summed E-state index contributed by atoms with van der Waals surface area (Å²) in [6.07, 6.45) is 9.03. The molecule has 154 valence electrons. The van der Waals surface area contributed by atoms with Gasteiger partial charge in [-0.25, -0.2) is 0 Å². The molecule has 0 saturated carbocycles. The first-order chi connectivity index (χ1) is 14.6. The lowest BCUT2D eigenvalue weighted by Crippen LogP contribution is -2.19. The number of hydrazone groups is 1. The number of rotatable bonds is 6. The predicted octanol–water partition coefficient (Wildman–Crippen LogP) is 5.10. The molecule has 1 aliphatic rings. The smallest absolute Gasteiger partial charge is 0.264 e. The molecular formula is C23H24N4O2S. The minimum absolute atomic E-state index is 0.0777. The quantitative estimate of drug-likeness (QED) is 0.224. The van der Waals surface area contributed by atoms with E-state index in [4.69, 9.17) is 12.2 Å². The Labute approximate surface area is 179 Å². The number of anilines is 1. The highest BCUT2D eigenvalue weighted by atomic mass is 32.1. The standard InChI is InChI=1S/C23H24N4O2S/c28-21-19(15-24-26-20-12-6-10-17-9-4-5-11-18(17)20)22(29)27(23(30)25-21)14-13-16-7-2-1-3-8-16/h4-7,9-12,15,26,29H,1-3,8,13-14H2,(H,25,28,30). The third kappa shape index (κ3) is 4.36. The highest BCUT2D eigenvalue weighted by molar-refractivity contribution is 7.71. The fraction of sp³-hybridized carbons (Fsp3) is 0.261. The number of allylic oxidation sites excluding steroid dienone is 2. The fourth-order valence-electron chi connectivity index (χ4n) is 3.78. The first-order valence-electron chi connectivity index (χ1n) is 10.1. The van der Waals surface area contributed by atoms with Crippen LogP contribution in [-0.4, -0.2) is 20.9 Å². The van der Waals surface area contributed by atoms with Gasteiger partial charge in [-0.15, -0.1) is 0 Å². The monoisotopic (exact) mass is 420 g/mol. The molecule has 6 nitrogen and oxygen atoms in total. The number of hydrogen-bond donors (Lipinski definition) is 3. The van der Waals surface area contributed by atoms with Crippen LogP contribution in [0.25, 0.3) is 10.8 Å². The molecule has 3 N–H and O–H groups in total. The van der Waals surface area contributed by atoms with Crippen LogP contribution in [0.5, 0.6) is 5.88 Å². The molecule has 30 heavy (non-hydrogen) atoms. The van der Waals surface area contributed by atoms with E-state index in [1.807, 2.05) is 42.5 Å². The highest BCUT2D eigenvalue weighted by Crippen LogP contribution is 2.24. The normalized spacial score (nSPS) is 14.2. The molecule has 0 radical (unpaired) electrons. The number of aromatic amines is 1. The largest absolute Gasteiger partial charge is 0.494 e. The summed E-state index contributed by atoms with van der Waals surface area (Å²) in [4.78, 5) is 15.0. The average molecular weight is 421 g/mol. The van der Waals surface area contributed by atoms with Gasteiger partial charge in [0.15, 0.2) is 4.77 Å². The van der Waals surface area contributed by atoms with E-state index < -0.39 is 5.56 Å². The van der Waals surface area contributed by atoms with Crippen LogP contribution in [0.3, 0.4) is 0 Å². The van der Waals surface area contributed by atoms with Gasteiger partial charge in [0.05, 0.1) is 11.9 Å². The first kappa shape index (κ1) is 20.1. The summed E-state index contributed by atoms with van der Waals surface area (Å²) in [7, 11) is 0. The second-order valence-electron chi connectivity index (χ2n) is 7.40. The zero-order valence-corrected chi connectivity index (χ0v) is 17.4. The lowest BCUT2D eigenvalue weighted by atomic mass is 9.97. The second kappa shape index (κ2) is 9.09. The molecule has 0 unspecified atom stereocenters. The summed E-state index contributed by atoms with van der Waals surface area (Å²) in [5, 5.41) is 17.0. The number of aromatic nitrogens is 2. The Morgan fingerprint density at radius 1 is 1.20 bits per heavy atom. The van der Waals surface area contributed by atoms with E-state index in [0.717, 1.165) is 35.7 Å². The molecule has 0 amide bonds.